The number of carbonyl (C=O) groups is 1. The molecule has 116 valence electrons. The third kappa shape index (κ3) is 2.56. The number of anilines is 1. The molecule has 2 atom stereocenters. The summed E-state index contributed by atoms with van der Waals surface area (Å²) >= 11 is 0. The molecule has 3 nitrogen and oxygen atoms in total. The Hall–Kier alpha value is -2.03. The van der Waals surface area contributed by atoms with Crippen molar-refractivity contribution in [2.75, 3.05) is 4.90 Å². The number of nitrogens with zero attached hydrogens (tertiary/aromatic N) is 1. The number of benzene rings is 1. The minimum atomic E-state index is -0.0896. The number of fused-ring (bicyclic) bond motifs is 2. The summed E-state index contributed by atoms with van der Waals surface area (Å²) < 4.78 is 6.21. The number of ether oxygens (including phenoxy) is 1. The molecule has 0 fully saturated rings. The first-order chi connectivity index (χ1) is 10.6. The second kappa shape index (κ2) is 5.99. The van der Waals surface area contributed by atoms with Crippen LogP contribution in [-0.2, 0) is 11.2 Å². The molecule has 0 N–H and O–H groups in total. The fraction of sp³-hybridized carbons (Fsp3) is 0.421. The molecular formula is C19H23NO2. The largest absolute Gasteiger partial charge is 0.482 e. The Kier molecular flexibility index (Phi) is 4.06. The summed E-state index contributed by atoms with van der Waals surface area (Å²) in [6.07, 6.45) is 9.37. The van der Waals surface area contributed by atoms with Crippen LogP contribution in [0.4, 0.5) is 5.69 Å². The fourth-order valence-electron chi connectivity index (χ4n) is 3.25. The van der Waals surface area contributed by atoms with Gasteiger partial charge in [-0.25, -0.2) is 0 Å². The van der Waals surface area contributed by atoms with Crippen LogP contribution in [0.15, 0.2) is 42.0 Å². The van der Waals surface area contributed by atoms with Crippen molar-refractivity contribution in [3.05, 3.63) is 47.6 Å². The predicted octanol–water partition coefficient (Wildman–Crippen LogP) is 4.03. The van der Waals surface area contributed by atoms with Crippen molar-refractivity contribution in [3.8, 4) is 5.75 Å². The van der Waals surface area contributed by atoms with Gasteiger partial charge in [-0.3, -0.25) is 9.69 Å². The summed E-state index contributed by atoms with van der Waals surface area (Å²) in [6, 6.07) is 6.16. The van der Waals surface area contributed by atoms with E-state index in [-0.39, 0.29) is 18.1 Å². The molecule has 0 aromatic heterocycles. The zero-order chi connectivity index (χ0) is 15.7. The molecule has 3 rings (SSSR count). The molecule has 0 radical (unpaired) electrons. The van der Waals surface area contributed by atoms with Gasteiger partial charge in [0.1, 0.15) is 11.9 Å². The molecule has 1 aromatic rings. The van der Waals surface area contributed by atoms with E-state index in [0.29, 0.717) is 0 Å². The maximum Gasteiger partial charge on any atom is 0.224 e. The van der Waals surface area contributed by atoms with Gasteiger partial charge in [-0.1, -0.05) is 38.5 Å². The van der Waals surface area contributed by atoms with Crippen LogP contribution >= 0.6 is 0 Å². The van der Waals surface area contributed by atoms with Gasteiger partial charge in [0.15, 0.2) is 0 Å². The highest BCUT2D eigenvalue weighted by molar-refractivity contribution is 5.95. The number of aryl methyl sites for hydroxylation is 1. The lowest BCUT2D eigenvalue weighted by Gasteiger charge is -2.41. The van der Waals surface area contributed by atoms with Crippen LogP contribution in [0.1, 0.15) is 39.2 Å². The van der Waals surface area contributed by atoms with E-state index < -0.39 is 0 Å². The molecule has 0 saturated heterocycles. The van der Waals surface area contributed by atoms with Crippen molar-refractivity contribution < 1.29 is 9.53 Å². The smallest absolute Gasteiger partial charge is 0.224 e. The molecule has 3 heteroatoms. The van der Waals surface area contributed by atoms with Gasteiger partial charge in [0.25, 0.3) is 0 Å². The molecule has 1 aliphatic carbocycles. The number of hydrogen-bond donors (Lipinski definition) is 0. The van der Waals surface area contributed by atoms with Gasteiger partial charge in [0.2, 0.25) is 5.91 Å². The molecule has 1 aliphatic heterocycles. The number of amides is 1. The van der Waals surface area contributed by atoms with Gasteiger partial charge >= 0.3 is 0 Å². The van der Waals surface area contributed by atoms with E-state index in [9.17, 15) is 4.79 Å². The number of hydrogen-bond acceptors (Lipinski definition) is 2. The lowest BCUT2D eigenvalue weighted by Crippen LogP contribution is -2.51. The van der Waals surface area contributed by atoms with Crippen LogP contribution in [0.3, 0.4) is 0 Å². The van der Waals surface area contributed by atoms with E-state index in [1.165, 1.54) is 11.1 Å². The van der Waals surface area contributed by atoms with Crippen LogP contribution in [0, 0.1) is 0 Å². The lowest BCUT2D eigenvalue weighted by molar-refractivity contribution is -0.117. The maximum absolute atomic E-state index is 12.2. The standard InChI is InChI=1S/C19H23NO2/c1-4-6-15-8-10-17-19(12-15)22-18-11-14(5-2)7-9-16(18)20(17)13(3)21/h7-12,16,18H,4-6H2,1-3H3. The highest BCUT2D eigenvalue weighted by Gasteiger charge is 2.36. The molecule has 0 saturated carbocycles. The number of allylic oxidation sites excluding steroid dienone is 2. The monoisotopic (exact) mass is 297 g/mol. The summed E-state index contributed by atoms with van der Waals surface area (Å²) in [5, 5.41) is 0. The summed E-state index contributed by atoms with van der Waals surface area (Å²) in [7, 11) is 0. The lowest BCUT2D eigenvalue weighted by atomic mass is 9.94. The third-order valence-electron chi connectivity index (χ3n) is 4.35. The Morgan fingerprint density at radius 1 is 1.32 bits per heavy atom. The van der Waals surface area contributed by atoms with Crippen molar-refractivity contribution >= 4 is 11.6 Å². The molecule has 1 heterocycles. The molecule has 1 aromatic carbocycles. The van der Waals surface area contributed by atoms with Crippen LogP contribution in [0.25, 0.3) is 0 Å². The van der Waals surface area contributed by atoms with Gasteiger partial charge in [0.05, 0.1) is 11.7 Å². The van der Waals surface area contributed by atoms with Crippen molar-refractivity contribution in [3.63, 3.8) is 0 Å². The highest BCUT2D eigenvalue weighted by atomic mass is 16.5. The van der Waals surface area contributed by atoms with Crippen molar-refractivity contribution in [2.45, 2.75) is 52.2 Å². The van der Waals surface area contributed by atoms with E-state index >= 15 is 0 Å². The topological polar surface area (TPSA) is 29.5 Å². The van der Waals surface area contributed by atoms with E-state index in [1.807, 2.05) is 11.0 Å². The first kappa shape index (κ1) is 14.9. The second-order valence-electron chi connectivity index (χ2n) is 5.97. The summed E-state index contributed by atoms with van der Waals surface area (Å²) in [5.41, 5.74) is 3.40. The van der Waals surface area contributed by atoms with Gasteiger partial charge < -0.3 is 4.74 Å². The van der Waals surface area contributed by atoms with E-state index in [1.54, 1.807) is 6.92 Å². The Bertz CT molecular complexity index is 645. The fourth-order valence-corrected chi connectivity index (χ4v) is 3.25. The van der Waals surface area contributed by atoms with Gasteiger partial charge in [-0.15, -0.1) is 0 Å². The summed E-state index contributed by atoms with van der Waals surface area (Å²) in [6.45, 7) is 5.93. The first-order valence-corrected chi connectivity index (χ1v) is 8.12. The Morgan fingerprint density at radius 2 is 2.14 bits per heavy atom. The predicted molar refractivity (Wildman–Crippen MR) is 89.3 cm³/mol. The first-order valence-electron chi connectivity index (χ1n) is 8.12. The molecular weight excluding hydrogens is 274 g/mol. The van der Waals surface area contributed by atoms with Gasteiger partial charge in [-0.2, -0.15) is 0 Å². The van der Waals surface area contributed by atoms with Crippen LogP contribution < -0.4 is 9.64 Å². The van der Waals surface area contributed by atoms with Crippen LogP contribution in [-0.4, -0.2) is 18.1 Å². The third-order valence-corrected chi connectivity index (χ3v) is 4.35. The quantitative estimate of drug-likeness (QED) is 0.843. The Balaban J connectivity index is 2.03. The SMILES string of the molecule is CCCc1ccc2c(c1)OC1C=C(CC)C=CC1N2C(C)=O. The Labute approximate surface area is 132 Å². The van der Waals surface area contributed by atoms with Crippen molar-refractivity contribution in [1.29, 1.82) is 0 Å². The van der Waals surface area contributed by atoms with E-state index in [4.69, 9.17) is 4.74 Å². The van der Waals surface area contributed by atoms with E-state index in [2.05, 4.69) is 44.2 Å². The molecule has 1 amide bonds. The zero-order valence-electron chi connectivity index (χ0n) is 13.5. The summed E-state index contributed by atoms with van der Waals surface area (Å²) in [5.74, 6) is 0.880. The van der Waals surface area contributed by atoms with Crippen molar-refractivity contribution in [1.82, 2.24) is 0 Å². The zero-order valence-corrected chi connectivity index (χ0v) is 13.5. The van der Waals surface area contributed by atoms with Gasteiger partial charge in [-0.05, 0) is 42.2 Å². The number of rotatable bonds is 3. The average molecular weight is 297 g/mol. The minimum absolute atomic E-state index is 0.0441. The molecule has 0 bridgehead atoms. The minimum Gasteiger partial charge on any atom is -0.482 e. The molecule has 2 unspecified atom stereocenters. The van der Waals surface area contributed by atoms with E-state index in [0.717, 1.165) is 30.7 Å². The summed E-state index contributed by atoms with van der Waals surface area (Å²) in [4.78, 5) is 14.1. The average Bonchev–Trinajstić information content (AvgIpc) is 2.51. The maximum atomic E-state index is 12.2. The molecule has 22 heavy (non-hydrogen) atoms. The van der Waals surface area contributed by atoms with Gasteiger partial charge in [0, 0.05) is 6.92 Å². The van der Waals surface area contributed by atoms with Crippen molar-refractivity contribution in [2.24, 2.45) is 0 Å². The molecule has 0 spiro atoms. The van der Waals surface area contributed by atoms with Crippen LogP contribution in [0.5, 0.6) is 5.75 Å². The normalized spacial score (nSPS) is 22.5. The molecule has 2 aliphatic rings. The number of carbonyl (C=O) groups excluding carboxylic acids is 1. The van der Waals surface area contributed by atoms with Crippen LogP contribution in [0.2, 0.25) is 0 Å². The highest BCUT2D eigenvalue weighted by Crippen LogP contribution is 2.39. The second-order valence-corrected chi connectivity index (χ2v) is 5.97. The Morgan fingerprint density at radius 3 is 2.82 bits per heavy atom.